The van der Waals surface area contributed by atoms with E-state index < -0.39 is 13.4 Å². The van der Waals surface area contributed by atoms with Crippen molar-refractivity contribution in [1.82, 2.24) is 4.98 Å². The van der Waals surface area contributed by atoms with Crippen LogP contribution in [0, 0.1) is 0 Å². The van der Waals surface area contributed by atoms with E-state index in [2.05, 4.69) is 9.72 Å². The number of anilines is 1. The molecule has 0 atom stereocenters. The first-order valence-corrected chi connectivity index (χ1v) is 2.63. The van der Waals surface area contributed by atoms with Gasteiger partial charge in [-0.1, -0.05) is 0 Å². The maximum atomic E-state index is 7.18. The van der Waals surface area contributed by atoms with Crippen LogP contribution in [0.4, 0.5) is 5.69 Å². The molecule has 0 fully saturated rings. The molecule has 0 unspecified atom stereocenters. The number of nitrogens with zero attached hydrogens (tertiary/aromatic N) is 1. The summed E-state index contributed by atoms with van der Waals surface area (Å²) in [6.07, 6.45) is 1.25. The predicted molar refractivity (Wildman–Crippen MR) is 39.8 cm³/mol. The third kappa shape index (κ3) is 1.62. The van der Waals surface area contributed by atoms with E-state index in [-0.39, 0.29) is 5.88 Å². The molecule has 0 amide bonds. The third-order valence-electron chi connectivity index (χ3n) is 0.915. The Hall–Kier alpha value is -1.25. The second kappa shape index (κ2) is 3.06. The van der Waals surface area contributed by atoms with E-state index in [1.807, 2.05) is 0 Å². The van der Waals surface area contributed by atoms with Crippen molar-refractivity contribution in [2.45, 2.75) is 6.85 Å². The Balaban J connectivity index is 2.82. The molecule has 1 aromatic heterocycles. The summed E-state index contributed by atoms with van der Waals surface area (Å²) in [5.74, 6) is -0.120. The molecule has 1 heterocycles. The lowest BCUT2D eigenvalue weighted by molar-refractivity contribution is 0.327. The van der Waals surface area contributed by atoms with Crippen LogP contribution in [0.3, 0.4) is 0 Å². The maximum Gasteiger partial charge on any atom is 0.213 e. The molecular weight excluding hydrogens is 128 g/mol. The Morgan fingerprint density at radius 2 is 2.80 bits per heavy atom. The van der Waals surface area contributed by atoms with Gasteiger partial charge in [-0.25, -0.2) is 4.98 Å². The summed E-state index contributed by atoms with van der Waals surface area (Å²) < 4.78 is 39.7. The second-order valence-electron chi connectivity index (χ2n) is 1.63. The van der Waals surface area contributed by atoms with Crippen LogP contribution in [0.5, 0.6) is 5.88 Å². The number of rotatable bonds is 2. The molecule has 0 aliphatic carbocycles. The van der Waals surface area contributed by atoms with Crippen molar-refractivity contribution < 1.29 is 11.6 Å². The highest BCUT2D eigenvalue weighted by molar-refractivity contribution is 5.35. The highest BCUT2D eigenvalue weighted by atomic mass is 16.5. The molecule has 0 bridgehead atoms. The number of pyridine rings is 1. The Morgan fingerprint density at radius 3 is 3.40 bits per heavy atom. The molecule has 54 valence electrons. The molecular formula is C7H10N2O. The SMILES string of the molecule is [2H]C([2H])([2H])C([2H])([2H])Oc1ccc(N)cn1. The van der Waals surface area contributed by atoms with Gasteiger partial charge in [-0.2, -0.15) is 0 Å². The fraction of sp³-hybridized carbons (Fsp3) is 0.286. The van der Waals surface area contributed by atoms with Crippen molar-refractivity contribution in [3.8, 4) is 5.88 Å². The molecule has 0 saturated heterocycles. The molecule has 0 radical (unpaired) electrons. The van der Waals surface area contributed by atoms with Crippen molar-refractivity contribution in [3.63, 3.8) is 0 Å². The standard InChI is InChI=1S/C7H10N2O/c1-2-10-7-4-3-6(8)5-9-7/h3-5H,2,8H2,1H3/i1D3,2D2. The monoisotopic (exact) mass is 143 g/mol. The van der Waals surface area contributed by atoms with Crippen LogP contribution in [0.1, 0.15) is 13.7 Å². The van der Waals surface area contributed by atoms with E-state index in [0.29, 0.717) is 5.69 Å². The van der Waals surface area contributed by atoms with Gasteiger partial charge in [0.05, 0.1) is 21.2 Å². The van der Waals surface area contributed by atoms with Crippen LogP contribution in [-0.4, -0.2) is 11.5 Å². The molecule has 3 nitrogen and oxygen atoms in total. The van der Waals surface area contributed by atoms with E-state index >= 15 is 0 Å². The molecule has 0 aliphatic heterocycles. The lowest BCUT2D eigenvalue weighted by atomic mass is 10.4. The van der Waals surface area contributed by atoms with Crippen LogP contribution in [-0.2, 0) is 0 Å². The van der Waals surface area contributed by atoms with Crippen molar-refractivity contribution in [2.75, 3.05) is 12.3 Å². The number of hydrogen-bond donors (Lipinski definition) is 1. The average Bonchev–Trinajstić information content (AvgIpc) is 2.06. The average molecular weight is 143 g/mol. The lowest BCUT2D eigenvalue weighted by Gasteiger charge is -1.99. The van der Waals surface area contributed by atoms with Crippen molar-refractivity contribution in [3.05, 3.63) is 18.3 Å². The first-order valence-electron chi connectivity index (χ1n) is 5.13. The zero-order chi connectivity index (χ0) is 11.7. The summed E-state index contributed by atoms with van der Waals surface area (Å²) in [7, 11) is 0. The second-order valence-corrected chi connectivity index (χ2v) is 1.63. The van der Waals surface area contributed by atoms with Gasteiger partial charge in [0, 0.05) is 10.2 Å². The Bertz CT molecular complexity index is 334. The van der Waals surface area contributed by atoms with E-state index in [4.69, 9.17) is 12.6 Å². The predicted octanol–water partition coefficient (Wildman–Crippen LogP) is 1.06. The molecule has 10 heavy (non-hydrogen) atoms. The van der Waals surface area contributed by atoms with Gasteiger partial charge in [-0.15, -0.1) is 0 Å². The summed E-state index contributed by atoms with van der Waals surface area (Å²) in [6, 6.07) is 2.75. The molecule has 0 saturated carbocycles. The van der Waals surface area contributed by atoms with Crippen molar-refractivity contribution in [2.24, 2.45) is 0 Å². The molecule has 2 N–H and O–H groups in total. The Morgan fingerprint density at radius 1 is 1.90 bits per heavy atom. The smallest absolute Gasteiger partial charge is 0.213 e. The minimum absolute atomic E-state index is 0.120. The Kier molecular flexibility index (Phi) is 0.849. The number of nitrogen functional groups attached to an aromatic ring is 1. The van der Waals surface area contributed by atoms with E-state index in [9.17, 15) is 0 Å². The van der Waals surface area contributed by atoms with E-state index in [1.54, 1.807) is 0 Å². The van der Waals surface area contributed by atoms with E-state index in [1.165, 1.54) is 18.3 Å². The van der Waals surface area contributed by atoms with Crippen LogP contribution in [0.2, 0.25) is 0 Å². The van der Waals surface area contributed by atoms with Gasteiger partial charge in [0.25, 0.3) is 0 Å². The zero-order valence-electron chi connectivity index (χ0n) is 10.2. The van der Waals surface area contributed by atoms with E-state index in [0.717, 1.165) is 0 Å². The number of ether oxygens (including phenoxy) is 1. The molecule has 3 heteroatoms. The third-order valence-corrected chi connectivity index (χ3v) is 0.915. The van der Waals surface area contributed by atoms with Gasteiger partial charge in [0.1, 0.15) is 0 Å². The first-order chi connectivity index (χ1) is 6.72. The van der Waals surface area contributed by atoms with Gasteiger partial charge >= 0.3 is 0 Å². The normalized spacial score (nSPS) is 19.4. The summed E-state index contributed by atoms with van der Waals surface area (Å²) in [4.78, 5) is 3.64. The van der Waals surface area contributed by atoms with Crippen LogP contribution in [0.15, 0.2) is 18.3 Å². The summed E-state index contributed by atoms with van der Waals surface area (Å²) in [5.41, 5.74) is 5.74. The van der Waals surface area contributed by atoms with Gasteiger partial charge in [-0.05, 0) is 12.9 Å². The fourth-order valence-electron chi connectivity index (χ4n) is 0.504. The molecule has 1 rings (SSSR count). The van der Waals surface area contributed by atoms with Gasteiger partial charge in [0.15, 0.2) is 0 Å². The van der Waals surface area contributed by atoms with Crippen LogP contribution < -0.4 is 10.5 Å². The summed E-state index contributed by atoms with van der Waals surface area (Å²) in [6.45, 7) is -5.63. The largest absolute Gasteiger partial charge is 0.478 e. The van der Waals surface area contributed by atoms with Crippen molar-refractivity contribution >= 4 is 5.69 Å². The lowest BCUT2D eigenvalue weighted by Crippen LogP contribution is -1.94. The van der Waals surface area contributed by atoms with Gasteiger partial charge in [0.2, 0.25) is 5.88 Å². The molecule has 0 spiro atoms. The summed E-state index contributed by atoms with van der Waals surface area (Å²) >= 11 is 0. The minimum Gasteiger partial charge on any atom is -0.478 e. The highest BCUT2D eigenvalue weighted by Crippen LogP contribution is 2.07. The topological polar surface area (TPSA) is 48.1 Å². The quantitative estimate of drug-likeness (QED) is 0.673. The Labute approximate surface area is 66.9 Å². The summed E-state index contributed by atoms with van der Waals surface area (Å²) in [5, 5.41) is 0. The fourth-order valence-corrected chi connectivity index (χ4v) is 0.504. The molecule has 1 aromatic rings. The highest BCUT2D eigenvalue weighted by Gasteiger charge is 1.90. The number of hydrogen-bond acceptors (Lipinski definition) is 3. The minimum atomic E-state index is -2.87. The number of nitrogens with two attached hydrogens (primary N) is 1. The van der Waals surface area contributed by atoms with Gasteiger partial charge in [-0.3, -0.25) is 0 Å². The molecule has 0 aliphatic rings. The molecule has 0 aromatic carbocycles. The van der Waals surface area contributed by atoms with Gasteiger partial charge < -0.3 is 10.5 Å². The number of aromatic nitrogens is 1. The first kappa shape index (κ1) is 2.78. The van der Waals surface area contributed by atoms with Crippen molar-refractivity contribution in [1.29, 1.82) is 0 Å². The maximum absolute atomic E-state index is 7.18. The zero-order valence-corrected chi connectivity index (χ0v) is 5.16. The van der Waals surface area contributed by atoms with Crippen LogP contribution >= 0.6 is 0 Å². The van der Waals surface area contributed by atoms with Crippen LogP contribution in [0.25, 0.3) is 0 Å².